The van der Waals surface area contributed by atoms with Crippen LogP contribution in [0.2, 0.25) is 0 Å². The van der Waals surface area contributed by atoms with Gasteiger partial charge in [0.05, 0.1) is 12.0 Å². The first-order valence-electron chi connectivity index (χ1n) is 6.89. The first-order chi connectivity index (χ1) is 9.66. The van der Waals surface area contributed by atoms with Gasteiger partial charge in [-0.25, -0.2) is 4.39 Å². The van der Waals surface area contributed by atoms with Gasteiger partial charge < -0.3 is 15.4 Å². The molecule has 1 aromatic rings. The molecule has 1 saturated heterocycles. The molecular formula is C15H21FN2O2. The number of carbonyl (C=O) groups excluding carboxylic acids is 1. The van der Waals surface area contributed by atoms with E-state index in [1.54, 1.807) is 19.2 Å². The number of methoxy groups -OCH3 is 1. The van der Waals surface area contributed by atoms with Crippen molar-refractivity contribution in [2.75, 3.05) is 26.8 Å². The summed E-state index contributed by atoms with van der Waals surface area (Å²) in [5.74, 6) is -0.296. The van der Waals surface area contributed by atoms with Crippen molar-refractivity contribution >= 4 is 5.91 Å². The zero-order chi connectivity index (χ0) is 14.4. The lowest BCUT2D eigenvalue weighted by atomic mass is 9.78. The zero-order valence-electron chi connectivity index (χ0n) is 11.7. The smallest absolute Gasteiger partial charge is 0.228 e. The molecule has 1 heterocycles. The fraction of sp³-hybridized carbons (Fsp3) is 0.533. The quantitative estimate of drug-likeness (QED) is 0.858. The van der Waals surface area contributed by atoms with E-state index >= 15 is 0 Å². The Balaban J connectivity index is 1.98. The molecule has 1 aromatic carbocycles. The van der Waals surface area contributed by atoms with Gasteiger partial charge >= 0.3 is 0 Å². The largest absolute Gasteiger partial charge is 0.384 e. The molecule has 1 fully saturated rings. The Morgan fingerprint density at radius 1 is 1.45 bits per heavy atom. The van der Waals surface area contributed by atoms with Crippen LogP contribution in [-0.2, 0) is 16.1 Å². The summed E-state index contributed by atoms with van der Waals surface area (Å²) in [4.78, 5) is 12.5. The second-order valence-electron chi connectivity index (χ2n) is 5.28. The highest BCUT2D eigenvalue weighted by molar-refractivity contribution is 5.83. The molecular weight excluding hydrogens is 259 g/mol. The van der Waals surface area contributed by atoms with Crippen molar-refractivity contribution in [3.8, 4) is 0 Å². The number of hydrogen-bond acceptors (Lipinski definition) is 3. The Labute approximate surface area is 118 Å². The summed E-state index contributed by atoms with van der Waals surface area (Å²) in [5.41, 5.74) is 0.299. The Hall–Kier alpha value is -1.46. The van der Waals surface area contributed by atoms with Gasteiger partial charge in [0.1, 0.15) is 5.82 Å². The Bertz CT molecular complexity index is 453. The van der Waals surface area contributed by atoms with Crippen molar-refractivity contribution in [1.29, 1.82) is 0 Å². The predicted octanol–water partition coefficient (Wildman–Crippen LogP) is 1.46. The molecule has 0 aromatic heterocycles. The molecule has 0 aliphatic carbocycles. The summed E-state index contributed by atoms with van der Waals surface area (Å²) in [6, 6.07) is 6.28. The van der Waals surface area contributed by atoms with E-state index in [9.17, 15) is 9.18 Å². The number of carbonyl (C=O) groups is 1. The van der Waals surface area contributed by atoms with Gasteiger partial charge in [-0.15, -0.1) is 0 Å². The normalized spacial score (nSPS) is 17.7. The standard InChI is InChI=1S/C15H21FN2O2/c1-20-11-15(5-7-17-8-6-15)14(19)18-10-12-3-2-4-13(16)9-12/h2-4,9,17H,5-8,10-11H2,1H3,(H,18,19). The molecule has 20 heavy (non-hydrogen) atoms. The molecule has 5 heteroatoms. The van der Waals surface area contributed by atoms with Crippen LogP contribution in [0.15, 0.2) is 24.3 Å². The van der Waals surface area contributed by atoms with E-state index in [2.05, 4.69) is 10.6 Å². The van der Waals surface area contributed by atoms with E-state index in [1.165, 1.54) is 12.1 Å². The van der Waals surface area contributed by atoms with Crippen molar-refractivity contribution in [3.05, 3.63) is 35.6 Å². The van der Waals surface area contributed by atoms with Crippen LogP contribution in [0.1, 0.15) is 18.4 Å². The molecule has 2 N–H and O–H groups in total. The molecule has 4 nitrogen and oxygen atoms in total. The lowest BCUT2D eigenvalue weighted by Crippen LogP contribution is -2.49. The highest BCUT2D eigenvalue weighted by Gasteiger charge is 2.39. The molecule has 1 amide bonds. The molecule has 2 rings (SSSR count). The van der Waals surface area contributed by atoms with Crippen molar-refractivity contribution in [3.63, 3.8) is 0 Å². The fourth-order valence-corrected chi connectivity index (χ4v) is 2.64. The maximum absolute atomic E-state index is 13.1. The van der Waals surface area contributed by atoms with Gasteiger partial charge in [-0.3, -0.25) is 4.79 Å². The Kier molecular flexibility index (Phi) is 5.09. The third kappa shape index (κ3) is 3.55. The first kappa shape index (κ1) is 14.9. The lowest BCUT2D eigenvalue weighted by Gasteiger charge is -2.35. The molecule has 0 unspecified atom stereocenters. The van der Waals surface area contributed by atoms with Gasteiger partial charge in [0.25, 0.3) is 0 Å². The van der Waals surface area contributed by atoms with Gasteiger partial charge in [0, 0.05) is 13.7 Å². The second-order valence-corrected chi connectivity index (χ2v) is 5.28. The number of rotatable bonds is 5. The van der Waals surface area contributed by atoms with Crippen LogP contribution in [0.4, 0.5) is 4.39 Å². The molecule has 0 bridgehead atoms. The van der Waals surface area contributed by atoms with Crippen LogP contribution in [-0.4, -0.2) is 32.7 Å². The minimum Gasteiger partial charge on any atom is -0.384 e. The summed E-state index contributed by atoms with van der Waals surface area (Å²) in [6.07, 6.45) is 1.52. The molecule has 110 valence electrons. The summed E-state index contributed by atoms with van der Waals surface area (Å²) in [7, 11) is 1.61. The first-order valence-corrected chi connectivity index (χ1v) is 6.89. The van der Waals surface area contributed by atoms with Crippen molar-refractivity contribution < 1.29 is 13.9 Å². The fourth-order valence-electron chi connectivity index (χ4n) is 2.64. The number of halogens is 1. The average Bonchev–Trinajstić information content (AvgIpc) is 2.46. The van der Waals surface area contributed by atoms with Gasteiger partial charge in [0.15, 0.2) is 0 Å². The minimum atomic E-state index is -0.465. The third-order valence-electron chi connectivity index (χ3n) is 3.81. The highest BCUT2D eigenvalue weighted by atomic mass is 19.1. The number of ether oxygens (including phenoxy) is 1. The number of hydrogen-bond donors (Lipinski definition) is 2. The molecule has 0 radical (unpaired) electrons. The topological polar surface area (TPSA) is 50.4 Å². The maximum Gasteiger partial charge on any atom is 0.228 e. The second kappa shape index (κ2) is 6.81. The average molecular weight is 280 g/mol. The van der Waals surface area contributed by atoms with E-state index in [0.717, 1.165) is 31.5 Å². The van der Waals surface area contributed by atoms with Crippen LogP contribution in [0.3, 0.4) is 0 Å². The summed E-state index contributed by atoms with van der Waals surface area (Å²) in [5, 5.41) is 6.16. The molecule has 0 saturated carbocycles. The van der Waals surface area contributed by atoms with Crippen LogP contribution < -0.4 is 10.6 Å². The van der Waals surface area contributed by atoms with Crippen LogP contribution in [0, 0.1) is 11.2 Å². The molecule has 0 spiro atoms. The van der Waals surface area contributed by atoms with Crippen molar-refractivity contribution in [1.82, 2.24) is 10.6 Å². The Morgan fingerprint density at radius 2 is 2.20 bits per heavy atom. The number of piperidine rings is 1. The summed E-state index contributed by atoms with van der Waals surface area (Å²) >= 11 is 0. The van der Waals surface area contributed by atoms with Gasteiger partial charge in [0.2, 0.25) is 5.91 Å². The van der Waals surface area contributed by atoms with Gasteiger partial charge in [-0.05, 0) is 43.6 Å². The van der Waals surface area contributed by atoms with E-state index in [1.807, 2.05) is 0 Å². The van der Waals surface area contributed by atoms with Crippen molar-refractivity contribution in [2.24, 2.45) is 5.41 Å². The van der Waals surface area contributed by atoms with Crippen LogP contribution in [0.25, 0.3) is 0 Å². The summed E-state index contributed by atoms with van der Waals surface area (Å²) in [6.45, 7) is 2.40. The number of amides is 1. The van der Waals surface area contributed by atoms with Crippen LogP contribution >= 0.6 is 0 Å². The Morgan fingerprint density at radius 3 is 2.85 bits per heavy atom. The summed E-state index contributed by atoms with van der Waals surface area (Å²) < 4.78 is 18.3. The van der Waals surface area contributed by atoms with Gasteiger partial charge in [-0.2, -0.15) is 0 Å². The SMILES string of the molecule is COCC1(C(=O)NCc2cccc(F)c2)CCNCC1. The highest BCUT2D eigenvalue weighted by Crippen LogP contribution is 2.29. The van der Waals surface area contributed by atoms with E-state index in [-0.39, 0.29) is 11.7 Å². The maximum atomic E-state index is 13.1. The van der Waals surface area contributed by atoms with E-state index < -0.39 is 5.41 Å². The van der Waals surface area contributed by atoms with E-state index in [0.29, 0.717) is 13.2 Å². The molecule has 1 aliphatic heterocycles. The number of benzene rings is 1. The minimum absolute atomic E-state index is 0.00916. The van der Waals surface area contributed by atoms with Crippen LogP contribution in [0.5, 0.6) is 0 Å². The lowest BCUT2D eigenvalue weighted by molar-refractivity contribution is -0.136. The zero-order valence-corrected chi connectivity index (χ0v) is 11.7. The van der Waals surface area contributed by atoms with Crippen molar-refractivity contribution in [2.45, 2.75) is 19.4 Å². The molecule has 0 atom stereocenters. The van der Waals surface area contributed by atoms with E-state index in [4.69, 9.17) is 4.74 Å². The monoisotopic (exact) mass is 280 g/mol. The van der Waals surface area contributed by atoms with Gasteiger partial charge in [-0.1, -0.05) is 12.1 Å². The number of nitrogens with one attached hydrogen (secondary N) is 2. The predicted molar refractivity (Wildman–Crippen MR) is 74.7 cm³/mol. The third-order valence-corrected chi connectivity index (χ3v) is 3.81. The molecule has 1 aliphatic rings.